The van der Waals surface area contributed by atoms with E-state index in [9.17, 15) is 13.2 Å². The maximum absolute atomic E-state index is 13.5. The van der Waals surface area contributed by atoms with E-state index < -0.39 is 11.7 Å². The van der Waals surface area contributed by atoms with Crippen molar-refractivity contribution < 1.29 is 13.2 Å². The summed E-state index contributed by atoms with van der Waals surface area (Å²) >= 11 is 0. The molecule has 2 aromatic heterocycles. The molecule has 0 amide bonds. The van der Waals surface area contributed by atoms with E-state index in [1.54, 1.807) is 4.90 Å². The summed E-state index contributed by atoms with van der Waals surface area (Å²) in [5.41, 5.74) is 1.36. The van der Waals surface area contributed by atoms with Crippen LogP contribution in [0.3, 0.4) is 0 Å². The third-order valence-corrected chi connectivity index (χ3v) is 6.94. The van der Waals surface area contributed by atoms with E-state index in [-0.39, 0.29) is 5.82 Å². The van der Waals surface area contributed by atoms with Gasteiger partial charge in [0.15, 0.2) is 5.82 Å². The van der Waals surface area contributed by atoms with Gasteiger partial charge in [0.2, 0.25) is 11.9 Å². The maximum atomic E-state index is 13.5. The molecule has 2 aliphatic rings. The van der Waals surface area contributed by atoms with Gasteiger partial charge in [0.25, 0.3) is 0 Å². The smallest absolute Gasteiger partial charge is 0.353 e. The lowest BCUT2D eigenvalue weighted by Crippen LogP contribution is -2.48. The highest BCUT2D eigenvalue weighted by Gasteiger charge is 2.36. The van der Waals surface area contributed by atoms with Gasteiger partial charge in [-0.05, 0) is 45.2 Å². The summed E-state index contributed by atoms with van der Waals surface area (Å²) in [5, 5.41) is 0. The van der Waals surface area contributed by atoms with Crippen LogP contribution in [0, 0.1) is 6.92 Å². The second-order valence-electron chi connectivity index (χ2n) is 9.51. The summed E-state index contributed by atoms with van der Waals surface area (Å²) in [6.45, 7) is 6.88. The van der Waals surface area contributed by atoms with E-state index in [2.05, 4.69) is 16.8 Å². The summed E-state index contributed by atoms with van der Waals surface area (Å²) in [6, 6.07) is 10.8. The first kappa shape index (κ1) is 24.3. The van der Waals surface area contributed by atoms with E-state index in [1.165, 1.54) is 18.7 Å². The molecule has 2 aliphatic heterocycles. The minimum absolute atomic E-state index is 0.0246. The SMILES string of the molecule is Cc1ccc(-c2nc(N3CCN(c4ncccc4C(F)(F)F)CC3)nc(N3CCCCC3C)n2)cc1. The third kappa shape index (κ3) is 5.08. The van der Waals surface area contributed by atoms with Crippen molar-refractivity contribution in [1.29, 1.82) is 0 Å². The average Bonchev–Trinajstić information content (AvgIpc) is 2.89. The van der Waals surface area contributed by atoms with Crippen LogP contribution in [0.5, 0.6) is 0 Å². The molecule has 2 fully saturated rings. The molecule has 3 aromatic rings. The topological polar surface area (TPSA) is 61.3 Å². The number of nitrogens with zero attached hydrogens (tertiary/aromatic N) is 7. The molecule has 1 unspecified atom stereocenters. The molecule has 0 spiro atoms. The van der Waals surface area contributed by atoms with Gasteiger partial charge >= 0.3 is 6.18 Å². The molecule has 10 heteroatoms. The number of aromatic nitrogens is 4. The zero-order chi connectivity index (χ0) is 25.3. The molecule has 1 atom stereocenters. The Balaban J connectivity index is 1.43. The Morgan fingerprint density at radius 1 is 0.833 bits per heavy atom. The number of rotatable bonds is 4. The van der Waals surface area contributed by atoms with Crippen molar-refractivity contribution >= 4 is 17.7 Å². The number of benzene rings is 1. The number of piperidine rings is 1. The van der Waals surface area contributed by atoms with E-state index >= 15 is 0 Å². The monoisotopic (exact) mass is 497 g/mol. The second-order valence-corrected chi connectivity index (χ2v) is 9.51. The molecular formula is C26H30F3N7. The Morgan fingerprint density at radius 2 is 1.53 bits per heavy atom. The van der Waals surface area contributed by atoms with Crippen molar-refractivity contribution in [3.8, 4) is 11.4 Å². The van der Waals surface area contributed by atoms with E-state index in [0.29, 0.717) is 49.9 Å². The van der Waals surface area contributed by atoms with Crippen LogP contribution >= 0.6 is 0 Å². The van der Waals surface area contributed by atoms with Crippen LogP contribution in [0.2, 0.25) is 0 Å². The van der Waals surface area contributed by atoms with Gasteiger partial charge in [-0.3, -0.25) is 0 Å². The first-order chi connectivity index (χ1) is 17.3. The van der Waals surface area contributed by atoms with Gasteiger partial charge in [0.1, 0.15) is 5.82 Å². The zero-order valence-corrected chi connectivity index (χ0v) is 20.5. The molecule has 190 valence electrons. The van der Waals surface area contributed by atoms with Crippen LogP contribution in [0.4, 0.5) is 30.9 Å². The van der Waals surface area contributed by atoms with E-state index in [4.69, 9.17) is 15.0 Å². The Hall–Kier alpha value is -3.43. The number of alkyl halides is 3. The summed E-state index contributed by atoms with van der Waals surface area (Å²) < 4.78 is 40.6. The fourth-order valence-corrected chi connectivity index (χ4v) is 4.84. The molecule has 7 nitrogen and oxygen atoms in total. The van der Waals surface area contributed by atoms with Gasteiger partial charge in [-0.1, -0.05) is 29.8 Å². The molecule has 5 rings (SSSR count). The Labute approximate surface area is 209 Å². The quantitative estimate of drug-likeness (QED) is 0.505. The highest BCUT2D eigenvalue weighted by atomic mass is 19.4. The Kier molecular flexibility index (Phi) is 6.68. The van der Waals surface area contributed by atoms with Crippen molar-refractivity contribution in [2.45, 2.75) is 45.3 Å². The first-order valence-electron chi connectivity index (χ1n) is 12.4. The Bertz CT molecular complexity index is 1190. The van der Waals surface area contributed by atoms with E-state index in [1.807, 2.05) is 36.1 Å². The lowest BCUT2D eigenvalue weighted by Gasteiger charge is -2.37. The number of halogens is 3. The van der Waals surface area contributed by atoms with Crippen LogP contribution in [0.1, 0.15) is 37.3 Å². The number of hydrogen-bond acceptors (Lipinski definition) is 7. The van der Waals surface area contributed by atoms with Crippen LogP contribution in [0.15, 0.2) is 42.6 Å². The normalized spacial score (nSPS) is 19.0. The standard InChI is InChI=1S/C26H30F3N7/c1-18-8-10-20(11-9-18)22-31-24(33-25(32-22)36-13-4-3-6-19(36)2)35-16-14-34(15-17-35)23-21(26(27,28)29)7-5-12-30-23/h5,7-12,19H,3-4,6,13-17H2,1-2H3. The summed E-state index contributed by atoms with van der Waals surface area (Å²) in [4.78, 5) is 24.5. The van der Waals surface area contributed by atoms with Gasteiger partial charge < -0.3 is 14.7 Å². The maximum Gasteiger partial charge on any atom is 0.419 e. The van der Waals surface area contributed by atoms with Crippen molar-refractivity contribution in [2.75, 3.05) is 47.4 Å². The largest absolute Gasteiger partial charge is 0.419 e. The fourth-order valence-electron chi connectivity index (χ4n) is 4.84. The molecule has 0 aliphatic carbocycles. The van der Waals surface area contributed by atoms with Crippen LogP contribution in [0.25, 0.3) is 11.4 Å². The summed E-state index contributed by atoms with van der Waals surface area (Å²) in [5.74, 6) is 1.81. The molecule has 0 saturated carbocycles. The van der Waals surface area contributed by atoms with E-state index in [0.717, 1.165) is 36.6 Å². The van der Waals surface area contributed by atoms with Crippen LogP contribution < -0.4 is 14.7 Å². The lowest BCUT2D eigenvalue weighted by atomic mass is 10.0. The number of pyridine rings is 1. The minimum Gasteiger partial charge on any atom is -0.353 e. The van der Waals surface area contributed by atoms with Crippen LogP contribution in [-0.2, 0) is 6.18 Å². The zero-order valence-electron chi connectivity index (χ0n) is 20.5. The second kappa shape index (κ2) is 9.91. The van der Waals surface area contributed by atoms with Crippen LogP contribution in [-0.4, -0.2) is 58.7 Å². The predicted octanol–water partition coefficient (Wildman–Crippen LogP) is 4.97. The number of aryl methyl sites for hydroxylation is 1. The highest BCUT2D eigenvalue weighted by Crippen LogP contribution is 2.35. The molecule has 0 N–H and O–H groups in total. The molecule has 0 bridgehead atoms. The average molecular weight is 498 g/mol. The van der Waals surface area contributed by atoms with Gasteiger partial charge in [-0.15, -0.1) is 0 Å². The fraction of sp³-hybridized carbons (Fsp3) is 0.462. The van der Waals surface area contributed by atoms with Gasteiger partial charge in [0, 0.05) is 50.5 Å². The van der Waals surface area contributed by atoms with Gasteiger partial charge in [-0.2, -0.15) is 28.1 Å². The molecule has 36 heavy (non-hydrogen) atoms. The Morgan fingerprint density at radius 3 is 2.22 bits per heavy atom. The van der Waals surface area contributed by atoms with Crippen molar-refractivity contribution in [1.82, 2.24) is 19.9 Å². The van der Waals surface area contributed by atoms with Gasteiger partial charge in [-0.25, -0.2) is 4.98 Å². The molecule has 0 radical (unpaired) electrons. The minimum atomic E-state index is -4.45. The number of piperazine rings is 1. The predicted molar refractivity (Wildman–Crippen MR) is 134 cm³/mol. The van der Waals surface area contributed by atoms with Crippen molar-refractivity contribution in [3.63, 3.8) is 0 Å². The third-order valence-electron chi connectivity index (χ3n) is 6.94. The lowest BCUT2D eigenvalue weighted by molar-refractivity contribution is -0.137. The molecule has 1 aromatic carbocycles. The van der Waals surface area contributed by atoms with Crippen molar-refractivity contribution in [3.05, 3.63) is 53.7 Å². The van der Waals surface area contributed by atoms with Crippen molar-refractivity contribution in [2.24, 2.45) is 0 Å². The molecule has 4 heterocycles. The van der Waals surface area contributed by atoms with Gasteiger partial charge in [0.05, 0.1) is 5.56 Å². The highest BCUT2D eigenvalue weighted by molar-refractivity contribution is 5.60. The molecule has 2 saturated heterocycles. The number of anilines is 3. The summed E-state index contributed by atoms with van der Waals surface area (Å²) in [7, 11) is 0. The number of hydrogen-bond donors (Lipinski definition) is 0. The first-order valence-corrected chi connectivity index (χ1v) is 12.4. The summed E-state index contributed by atoms with van der Waals surface area (Å²) in [6.07, 6.45) is 0.331. The molecular weight excluding hydrogens is 467 g/mol.